The van der Waals surface area contributed by atoms with Gasteiger partial charge in [0, 0.05) is 6.04 Å². The van der Waals surface area contributed by atoms with Crippen molar-refractivity contribution in [2.75, 3.05) is 7.11 Å². The second-order valence-corrected chi connectivity index (χ2v) is 4.12. The Balaban J connectivity index is 2.99. The number of aryl methyl sites for hydroxylation is 2. The van der Waals surface area contributed by atoms with E-state index in [4.69, 9.17) is 10.5 Å². The van der Waals surface area contributed by atoms with E-state index in [0.29, 0.717) is 0 Å². The average Bonchev–Trinajstić information content (AvgIpc) is 2.22. The molecular formula is C13H21NO. The van der Waals surface area contributed by atoms with Crippen LogP contribution in [0, 0.1) is 13.8 Å². The minimum absolute atomic E-state index is 0.223. The molecule has 1 unspecified atom stereocenters. The van der Waals surface area contributed by atoms with Crippen molar-refractivity contribution in [2.24, 2.45) is 5.73 Å². The summed E-state index contributed by atoms with van der Waals surface area (Å²) < 4.78 is 5.37. The van der Waals surface area contributed by atoms with Crippen molar-refractivity contribution < 1.29 is 4.74 Å². The molecule has 0 heterocycles. The highest BCUT2D eigenvalue weighted by Crippen LogP contribution is 2.24. The number of nitrogens with two attached hydrogens (primary N) is 1. The molecule has 1 aromatic rings. The molecule has 1 atom stereocenters. The van der Waals surface area contributed by atoms with Crippen LogP contribution in [0.25, 0.3) is 0 Å². The SMILES string of the molecule is CCC(N)Cc1cc(C)c(C)cc1OC. The first-order valence-electron chi connectivity index (χ1n) is 5.48. The summed E-state index contributed by atoms with van der Waals surface area (Å²) in [4.78, 5) is 0. The van der Waals surface area contributed by atoms with Crippen molar-refractivity contribution in [3.63, 3.8) is 0 Å². The van der Waals surface area contributed by atoms with Crippen molar-refractivity contribution >= 4 is 0 Å². The van der Waals surface area contributed by atoms with Gasteiger partial charge in [-0.3, -0.25) is 0 Å². The largest absolute Gasteiger partial charge is 0.496 e. The number of ether oxygens (including phenoxy) is 1. The third-order valence-corrected chi connectivity index (χ3v) is 2.90. The van der Waals surface area contributed by atoms with E-state index >= 15 is 0 Å². The number of hydrogen-bond acceptors (Lipinski definition) is 2. The van der Waals surface area contributed by atoms with Crippen LogP contribution in [-0.2, 0) is 6.42 Å². The molecule has 0 amide bonds. The van der Waals surface area contributed by atoms with E-state index in [1.807, 2.05) is 0 Å². The van der Waals surface area contributed by atoms with Crippen LogP contribution in [0.4, 0.5) is 0 Å². The summed E-state index contributed by atoms with van der Waals surface area (Å²) in [6, 6.07) is 4.50. The lowest BCUT2D eigenvalue weighted by molar-refractivity contribution is 0.407. The van der Waals surface area contributed by atoms with E-state index in [1.165, 1.54) is 16.7 Å². The molecule has 0 aliphatic carbocycles. The minimum atomic E-state index is 0.223. The van der Waals surface area contributed by atoms with Crippen LogP contribution < -0.4 is 10.5 Å². The Bertz CT molecular complexity index is 334. The maximum absolute atomic E-state index is 5.96. The molecule has 1 rings (SSSR count). The lowest BCUT2D eigenvalue weighted by Crippen LogP contribution is -2.21. The highest BCUT2D eigenvalue weighted by Gasteiger charge is 2.09. The summed E-state index contributed by atoms with van der Waals surface area (Å²) in [6.45, 7) is 6.33. The molecule has 84 valence electrons. The average molecular weight is 207 g/mol. The van der Waals surface area contributed by atoms with Crippen molar-refractivity contribution in [3.8, 4) is 5.75 Å². The molecule has 2 N–H and O–H groups in total. The molecule has 0 radical (unpaired) electrons. The minimum Gasteiger partial charge on any atom is -0.496 e. The fraction of sp³-hybridized carbons (Fsp3) is 0.538. The van der Waals surface area contributed by atoms with E-state index in [9.17, 15) is 0 Å². The highest BCUT2D eigenvalue weighted by atomic mass is 16.5. The van der Waals surface area contributed by atoms with Crippen molar-refractivity contribution in [3.05, 3.63) is 28.8 Å². The molecule has 2 heteroatoms. The van der Waals surface area contributed by atoms with Crippen LogP contribution >= 0.6 is 0 Å². The number of benzene rings is 1. The van der Waals surface area contributed by atoms with Crippen molar-refractivity contribution in [1.82, 2.24) is 0 Å². The Labute approximate surface area is 92.4 Å². The normalized spacial score (nSPS) is 12.6. The van der Waals surface area contributed by atoms with Crippen LogP contribution in [0.1, 0.15) is 30.0 Å². The zero-order valence-corrected chi connectivity index (χ0v) is 10.1. The predicted molar refractivity (Wildman–Crippen MR) is 64.4 cm³/mol. The topological polar surface area (TPSA) is 35.2 Å². The van der Waals surface area contributed by atoms with Gasteiger partial charge in [-0.25, -0.2) is 0 Å². The molecule has 1 aromatic carbocycles. The number of rotatable bonds is 4. The van der Waals surface area contributed by atoms with Gasteiger partial charge in [-0.2, -0.15) is 0 Å². The van der Waals surface area contributed by atoms with Gasteiger partial charge in [0.1, 0.15) is 5.75 Å². The summed E-state index contributed by atoms with van der Waals surface area (Å²) in [5, 5.41) is 0. The van der Waals surface area contributed by atoms with E-state index in [1.54, 1.807) is 7.11 Å². The summed E-state index contributed by atoms with van der Waals surface area (Å²) in [6.07, 6.45) is 1.89. The second kappa shape index (κ2) is 5.17. The van der Waals surface area contributed by atoms with E-state index in [2.05, 4.69) is 32.9 Å². The highest BCUT2D eigenvalue weighted by molar-refractivity contribution is 5.42. The zero-order chi connectivity index (χ0) is 11.4. The molecule has 0 saturated carbocycles. The van der Waals surface area contributed by atoms with Gasteiger partial charge < -0.3 is 10.5 Å². The Morgan fingerprint density at radius 2 is 1.87 bits per heavy atom. The third-order valence-electron chi connectivity index (χ3n) is 2.90. The van der Waals surface area contributed by atoms with E-state index in [0.717, 1.165) is 18.6 Å². The fourth-order valence-electron chi connectivity index (χ4n) is 1.63. The standard InChI is InChI=1S/C13H21NO/c1-5-12(14)8-11-6-9(2)10(3)7-13(11)15-4/h6-7,12H,5,8,14H2,1-4H3. The molecule has 0 saturated heterocycles. The van der Waals surface area contributed by atoms with Gasteiger partial charge >= 0.3 is 0 Å². The summed E-state index contributed by atoms with van der Waals surface area (Å²) >= 11 is 0. The Hall–Kier alpha value is -1.02. The molecule has 0 bridgehead atoms. The zero-order valence-electron chi connectivity index (χ0n) is 10.1. The van der Waals surface area contributed by atoms with E-state index in [-0.39, 0.29) is 6.04 Å². The maximum Gasteiger partial charge on any atom is 0.122 e. The molecule has 0 aromatic heterocycles. The lowest BCUT2D eigenvalue weighted by atomic mass is 9.99. The van der Waals surface area contributed by atoms with Crippen LogP contribution in [0.5, 0.6) is 5.75 Å². The van der Waals surface area contributed by atoms with Crippen LogP contribution in [0.2, 0.25) is 0 Å². The Morgan fingerprint density at radius 1 is 1.27 bits per heavy atom. The summed E-state index contributed by atoms with van der Waals surface area (Å²) in [7, 11) is 1.71. The maximum atomic E-state index is 5.96. The number of methoxy groups -OCH3 is 1. The lowest BCUT2D eigenvalue weighted by Gasteiger charge is -2.14. The first kappa shape index (κ1) is 12.1. The molecular weight excluding hydrogens is 186 g/mol. The summed E-state index contributed by atoms with van der Waals surface area (Å²) in [5.74, 6) is 0.960. The second-order valence-electron chi connectivity index (χ2n) is 4.12. The van der Waals surface area contributed by atoms with E-state index < -0.39 is 0 Å². The van der Waals surface area contributed by atoms with Gasteiger partial charge in [0.25, 0.3) is 0 Å². The Kier molecular flexibility index (Phi) is 4.15. The van der Waals surface area contributed by atoms with Gasteiger partial charge in [0.05, 0.1) is 7.11 Å². The van der Waals surface area contributed by atoms with Crippen LogP contribution in [-0.4, -0.2) is 13.2 Å². The van der Waals surface area contributed by atoms with Gasteiger partial charge in [-0.15, -0.1) is 0 Å². The quantitative estimate of drug-likeness (QED) is 0.823. The summed E-state index contributed by atoms with van der Waals surface area (Å²) in [5.41, 5.74) is 9.74. The first-order chi connectivity index (χ1) is 7.08. The van der Waals surface area contributed by atoms with Gasteiger partial charge in [0.2, 0.25) is 0 Å². The Morgan fingerprint density at radius 3 is 2.40 bits per heavy atom. The van der Waals surface area contributed by atoms with Crippen molar-refractivity contribution in [1.29, 1.82) is 0 Å². The monoisotopic (exact) mass is 207 g/mol. The molecule has 0 fully saturated rings. The third kappa shape index (κ3) is 2.96. The number of hydrogen-bond donors (Lipinski definition) is 1. The molecule has 15 heavy (non-hydrogen) atoms. The van der Waals surface area contributed by atoms with Gasteiger partial charge in [-0.1, -0.05) is 13.0 Å². The van der Waals surface area contributed by atoms with Crippen molar-refractivity contribution in [2.45, 2.75) is 39.7 Å². The predicted octanol–water partition coefficient (Wildman–Crippen LogP) is 2.59. The fourth-order valence-corrected chi connectivity index (χ4v) is 1.63. The molecule has 0 aliphatic rings. The molecule has 0 aliphatic heterocycles. The molecule has 2 nitrogen and oxygen atoms in total. The first-order valence-corrected chi connectivity index (χ1v) is 5.48. The van der Waals surface area contributed by atoms with Crippen LogP contribution in [0.15, 0.2) is 12.1 Å². The van der Waals surface area contributed by atoms with Crippen LogP contribution in [0.3, 0.4) is 0 Å². The van der Waals surface area contributed by atoms with Gasteiger partial charge in [0.15, 0.2) is 0 Å². The smallest absolute Gasteiger partial charge is 0.122 e. The van der Waals surface area contributed by atoms with Gasteiger partial charge in [-0.05, 0) is 49.4 Å². The molecule has 0 spiro atoms.